The molecule has 2 aromatic carbocycles. The topological polar surface area (TPSA) is 103 Å². The number of hydrogen-bond acceptors (Lipinski definition) is 5. The number of nitrogens with one attached hydrogen (secondary N) is 1. The lowest BCUT2D eigenvalue weighted by molar-refractivity contribution is -0.133. The molecule has 0 aliphatic heterocycles. The van der Waals surface area contributed by atoms with Crippen molar-refractivity contribution in [3.05, 3.63) is 80.5 Å². The Kier molecular flexibility index (Phi) is 9.12. The van der Waals surface area contributed by atoms with E-state index in [1.807, 2.05) is 0 Å². The Morgan fingerprint density at radius 3 is 2.42 bits per heavy atom. The van der Waals surface area contributed by atoms with Gasteiger partial charge in [-0.1, -0.05) is 43.5 Å². The zero-order valence-electron chi connectivity index (χ0n) is 22.2. The third-order valence-corrected chi connectivity index (χ3v) is 7.31. The van der Waals surface area contributed by atoms with Gasteiger partial charge in [0.1, 0.15) is 6.54 Å². The highest BCUT2D eigenvalue weighted by Gasteiger charge is 2.24. The minimum Gasteiger partial charge on any atom is -0.385 e. The fraction of sp³-hybridized carbons (Fsp3) is 0.448. The Bertz CT molecular complexity index is 1390. The van der Waals surface area contributed by atoms with Crippen molar-refractivity contribution in [2.45, 2.75) is 57.7 Å². The van der Waals surface area contributed by atoms with Gasteiger partial charge in [0.05, 0.1) is 17.4 Å². The molecule has 1 aromatic heterocycles. The summed E-state index contributed by atoms with van der Waals surface area (Å²) in [5.41, 5.74) is 0.706. The highest BCUT2D eigenvalue weighted by molar-refractivity contribution is 5.94. The molecule has 9 nitrogen and oxygen atoms in total. The van der Waals surface area contributed by atoms with E-state index in [1.165, 1.54) is 11.0 Å². The number of para-hydroxylation sites is 1. The van der Waals surface area contributed by atoms with Crippen molar-refractivity contribution in [3.63, 3.8) is 0 Å². The van der Waals surface area contributed by atoms with Crippen LogP contribution in [0, 0.1) is 0 Å². The number of carbonyl (C=O) groups excluding carboxylic acids is 2. The van der Waals surface area contributed by atoms with Gasteiger partial charge in [0.25, 0.3) is 11.5 Å². The summed E-state index contributed by atoms with van der Waals surface area (Å²) in [5.74, 6) is -0.339. The van der Waals surface area contributed by atoms with Crippen LogP contribution in [0.1, 0.15) is 54.4 Å². The van der Waals surface area contributed by atoms with E-state index >= 15 is 0 Å². The number of nitrogens with zero attached hydrogens (tertiary/aromatic N) is 3. The van der Waals surface area contributed by atoms with Crippen molar-refractivity contribution in [1.82, 2.24) is 19.4 Å². The molecule has 1 saturated carbocycles. The second-order valence-electron chi connectivity index (χ2n) is 9.87. The van der Waals surface area contributed by atoms with Crippen molar-refractivity contribution in [1.29, 1.82) is 0 Å². The highest BCUT2D eigenvalue weighted by Crippen LogP contribution is 2.22. The van der Waals surface area contributed by atoms with Gasteiger partial charge in [0.2, 0.25) is 5.91 Å². The molecular weight excluding hydrogens is 484 g/mol. The zero-order valence-corrected chi connectivity index (χ0v) is 22.2. The lowest BCUT2D eigenvalue weighted by Crippen LogP contribution is -2.45. The second kappa shape index (κ2) is 12.7. The molecule has 0 unspecified atom stereocenters. The minimum absolute atomic E-state index is 0.0326. The molecule has 1 aliphatic rings. The summed E-state index contributed by atoms with van der Waals surface area (Å²) >= 11 is 0. The zero-order chi connectivity index (χ0) is 27.1. The normalized spacial score (nSPS) is 13.9. The number of carbonyl (C=O) groups is 2. The van der Waals surface area contributed by atoms with Gasteiger partial charge in [-0.15, -0.1) is 0 Å². The summed E-state index contributed by atoms with van der Waals surface area (Å²) in [6.45, 7) is 0.981. The summed E-state index contributed by atoms with van der Waals surface area (Å²) in [6.07, 6.45) is 6.05. The lowest BCUT2D eigenvalue weighted by Gasteiger charge is -2.31. The predicted octanol–water partition coefficient (Wildman–Crippen LogP) is 2.77. The standard InChI is InChI=1S/C29H36N4O5/c1-31(23-9-4-3-5-10-23)26(34)20-32-25-12-7-6-11-24(25)28(36)33(29(32)37)19-21-13-15-22(16-14-21)27(35)30-17-8-18-38-2/h6-7,11-16,23H,3-5,8-10,17-20H2,1-2H3,(H,30,35). The average molecular weight is 521 g/mol. The fourth-order valence-electron chi connectivity index (χ4n) is 5.05. The van der Waals surface area contributed by atoms with E-state index in [4.69, 9.17) is 4.74 Å². The number of fused-ring (bicyclic) bond motifs is 1. The molecule has 0 bridgehead atoms. The average Bonchev–Trinajstić information content (AvgIpc) is 2.95. The van der Waals surface area contributed by atoms with Crippen molar-refractivity contribution < 1.29 is 14.3 Å². The molecule has 0 atom stereocenters. The van der Waals surface area contributed by atoms with Crippen LogP contribution in [0.15, 0.2) is 58.1 Å². The van der Waals surface area contributed by atoms with Crippen LogP contribution >= 0.6 is 0 Å². The molecule has 1 N–H and O–H groups in total. The van der Waals surface area contributed by atoms with Crippen LogP contribution in [0.2, 0.25) is 0 Å². The molecule has 0 radical (unpaired) electrons. The van der Waals surface area contributed by atoms with Crippen molar-refractivity contribution in [2.75, 3.05) is 27.3 Å². The number of aromatic nitrogens is 2. The number of amides is 2. The first kappa shape index (κ1) is 27.3. The lowest BCUT2D eigenvalue weighted by atomic mass is 9.94. The van der Waals surface area contributed by atoms with Gasteiger partial charge in [0, 0.05) is 38.9 Å². The Morgan fingerprint density at radius 2 is 1.71 bits per heavy atom. The van der Waals surface area contributed by atoms with Gasteiger partial charge in [-0.2, -0.15) is 0 Å². The smallest absolute Gasteiger partial charge is 0.332 e. The Balaban J connectivity index is 1.58. The van der Waals surface area contributed by atoms with Crippen LogP contribution in [0.3, 0.4) is 0 Å². The summed E-state index contributed by atoms with van der Waals surface area (Å²) in [6, 6.07) is 13.9. The van der Waals surface area contributed by atoms with E-state index in [0.29, 0.717) is 35.2 Å². The van der Waals surface area contributed by atoms with E-state index in [1.54, 1.807) is 67.6 Å². The van der Waals surface area contributed by atoms with Gasteiger partial charge in [-0.3, -0.25) is 23.5 Å². The maximum absolute atomic E-state index is 13.6. The molecule has 0 saturated heterocycles. The van der Waals surface area contributed by atoms with Gasteiger partial charge in [0.15, 0.2) is 0 Å². The number of likely N-dealkylation sites (N-methyl/N-ethyl adjacent to an activating group) is 1. The molecule has 0 spiro atoms. The number of hydrogen-bond donors (Lipinski definition) is 1. The Labute approximate surface area is 222 Å². The first-order chi connectivity index (χ1) is 18.4. The molecule has 3 aromatic rings. The van der Waals surface area contributed by atoms with Gasteiger partial charge in [-0.05, 0) is 49.1 Å². The van der Waals surface area contributed by atoms with Crippen LogP contribution in [-0.4, -0.2) is 59.2 Å². The van der Waals surface area contributed by atoms with Gasteiger partial charge in [-0.25, -0.2) is 4.79 Å². The van der Waals surface area contributed by atoms with E-state index in [-0.39, 0.29) is 30.9 Å². The van der Waals surface area contributed by atoms with Crippen molar-refractivity contribution in [3.8, 4) is 0 Å². The first-order valence-electron chi connectivity index (χ1n) is 13.2. The van der Waals surface area contributed by atoms with Gasteiger partial charge >= 0.3 is 5.69 Å². The summed E-state index contributed by atoms with van der Waals surface area (Å²) < 4.78 is 7.55. The molecule has 1 aliphatic carbocycles. The summed E-state index contributed by atoms with van der Waals surface area (Å²) in [7, 11) is 3.42. The van der Waals surface area contributed by atoms with Crippen LogP contribution in [-0.2, 0) is 22.6 Å². The number of rotatable bonds is 10. The highest BCUT2D eigenvalue weighted by atomic mass is 16.5. The second-order valence-corrected chi connectivity index (χ2v) is 9.87. The molecule has 38 heavy (non-hydrogen) atoms. The van der Waals surface area contributed by atoms with Crippen LogP contribution < -0.4 is 16.6 Å². The maximum Gasteiger partial charge on any atom is 0.332 e. The number of benzene rings is 2. The number of methoxy groups -OCH3 is 1. The Hall–Kier alpha value is -3.72. The van der Waals surface area contributed by atoms with Crippen molar-refractivity contribution in [2.24, 2.45) is 0 Å². The third kappa shape index (κ3) is 6.22. The monoisotopic (exact) mass is 520 g/mol. The fourth-order valence-corrected chi connectivity index (χ4v) is 5.05. The van der Waals surface area contributed by atoms with Crippen LogP contribution in [0.25, 0.3) is 10.9 Å². The summed E-state index contributed by atoms with van der Waals surface area (Å²) in [5, 5.41) is 3.22. The van der Waals surface area contributed by atoms with Crippen molar-refractivity contribution >= 4 is 22.7 Å². The quantitative estimate of drug-likeness (QED) is 0.414. The van der Waals surface area contributed by atoms with E-state index in [9.17, 15) is 19.2 Å². The van der Waals surface area contributed by atoms with E-state index < -0.39 is 11.2 Å². The molecule has 1 heterocycles. The molecule has 2 amide bonds. The molecule has 202 valence electrons. The molecule has 9 heteroatoms. The largest absolute Gasteiger partial charge is 0.385 e. The molecule has 1 fully saturated rings. The minimum atomic E-state index is -0.529. The maximum atomic E-state index is 13.6. The SMILES string of the molecule is COCCCNC(=O)c1ccc(Cn2c(=O)c3ccccc3n(CC(=O)N(C)C3CCCCC3)c2=O)cc1. The van der Waals surface area contributed by atoms with Gasteiger partial charge < -0.3 is 15.0 Å². The molecular formula is C29H36N4O5. The third-order valence-electron chi connectivity index (χ3n) is 7.31. The Morgan fingerprint density at radius 1 is 1.00 bits per heavy atom. The predicted molar refractivity (Wildman–Crippen MR) is 146 cm³/mol. The summed E-state index contributed by atoms with van der Waals surface area (Å²) in [4.78, 5) is 54.2. The van der Waals surface area contributed by atoms with Crippen LogP contribution in [0.4, 0.5) is 0 Å². The van der Waals surface area contributed by atoms with E-state index in [2.05, 4.69) is 5.32 Å². The van der Waals surface area contributed by atoms with Crippen LogP contribution in [0.5, 0.6) is 0 Å². The first-order valence-corrected chi connectivity index (χ1v) is 13.2. The molecule has 4 rings (SSSR count). The number of ether oxygens (including phenoxy) is 1. The van der Waals surface area contributed by atoms with E-state index in [0.717, 1.165) is 36.7 Å².